The number of aliphatic hydroxyl groups is 1. The number of aliphatic hydroxyl groups excluding tert-OH is 1. The smallest absolute Gasteiger partial charge is 0.164 e. The molecule has 0 saturated heterocycles. The molecular weight excluding hydrogens is 871 g/mol. The van der Waals surface area contributed by atoms with E-state index in [1.807, 2.05) is 59.1 Å². The zero-order valence-electron chi connectivity index (χ0n) is 35.7. The maximum absolute atomic E-state index is 12.2. The second-order valence-corrected chi connectivity index (χ2v) is 18.9. The molecule has 297 valence electrons. The first kappa shape index (κ1) is 44.6. The number of thiophene rings is 1. The quantitative estimate of drug-likeness (QED) is 0.0862. The van der Waals surface area contributed by atoms with Crippen LogP contribution in [0.5, 0.6) is 0 Å². The number of carbonyl (C=O) groups excluding carboxylic acids is 1. The topological polar surface area (TPSA) is 50.2 Å². The van der Waals surface area contributed by atoms with Gasteiger partial charge in [0.15, 0.2) is 5.78 Å². The van der Waals surface area contributed by atoms with Gasteiger partial charge in [-0.15, -0.1) is 40.5 Å². The predicted octanol–water partition coefficient (Wildman–Crippen LogP) is 15.0. The summed E-state index contributed by atoms with van der Waals surface area (Å²) in [6.07, 6.45) is 9.19. The van der Waals surface area contributed by atoms with Gasteiger partial charge in [0.05, 0.1) is 0 Å². The summed E-state index contributed by atoms with van der Waals surface area (Å²) in [5.41, 5.74) is 9.03. The molecule has 1 N–H and O–H groups in total. The number of benzene rings is 3. The van der Waals surface area contributed by atoms with Crippen molar-refractivity contribution in [1.29, 1.82) is 0 Å². The molecule has 0 aliphatic heterocycles. The second-order valence-electron chi connectivity index (χ2n) is 17.9. The zero-order valence-corrected chi connectivity index (χ0v) is 38.9. The Morgan fingerprint density at radius 1 is 0.873 bits per heavy atom. The number of aryl methyl sites for hydroxylation is 1. The Morgan fingerprint density at radius 2 is 1.47 bits per heavy atom. The van der Waals surface area contributed by atoms with Crippen LogP contribution in [0, 0.1) is 23.8 Å². The number of hydrogen-bond acceptors (Lipinski definition) is 4. The first-order valence-corrected chi connectivity index (χ1v) is 21.1. The Morgan fingerprint density at radius 3 is 2.07 bits per heavy atom. The number of ketones is 1. The second kappa shape index (κ2) is 17.2. The monoisotopic (exact) mass is 935 g/mol. The van der Waals surface area contributed by atoms with Crippen molar-refractivity contribution in [2.75, 3.05) is 0 Å². The zero-order chi connectivity index (χ0) is 39.8. The molecule has 3 aromatic carbocycles. The minimum atomic E-state index is -0.337. The van der Waals surface area contributed by atoms with Crippen LogP contribution in [-0.2, 0) is 35.7 Å². The van der Waals surface area contributed by atoms with E-state index < -0.39 is 0 Å². The Bertz CT molecular complexity index is 2180. The number of carbonyl (C=O) groups is 1. The standard InChI is InChI=1S/C35H36NS.C15H28O2.Ir/c1-21(2)28-19-25(18-23-10-8-9-11-27(23)28)31-33-26(14-17-36-31)22(3)32(37-33)24-12-13-29-30(20-24)35(6,7)16-15-34(29,4)5;1-7-14(5,8-2)12(16)11-13(17)15(6,9-3)10-4;/h8-14,17,19-21H,15-16H2,1-7H3;11,16H,7-10H2,1-6H3;/q-1;;/b;12-11-;. The van der Waals surface area contributed by atoms with E-state index in [2.05, 4.69) is 109 Å². The van der Waals surface area contributed by atoms with Gasteiger partial charge in [-0.25, -0.2) is 0 Å². The van der Waals surface area contributed by atoms with Crippen molar-refractivity contribution >= 4 is 38.0 Å². The number of rotatable bonds is 10. The summed E-state index contributed by atoms with van der Waals surface area (Å²) in [5.74, 6) is 0.718. The van der Waals surface area contributed by atoms with E-state index in [1.54, 1.807) is 0 Å². The molecule has 5 aromatic rings. The summed E-state index contributed by atoms with van der Waals surface area (Å²) in [7, 11) is 0. The van der Waals surface area contributed by atoms with E-state index in [1.165, 1.54) is 67.1 Å². The van der Waals surface area contributed by atoms with Crippen LogP contribution in [0.1, 0.15) is 150 Å². The van der Waals surface area contributed by atoms with E-state index in [4.69, 9.17) is 4.98 Å². The van der Waals surface area contributed by atoms with Crippen LogP contribution >= 0.6 is 11.3 Å². The fourth-order valence-electron chi connectivity index (χ4n) is 7.89. The van der Waals surface area contributed by atoms with E-state index in [0.717, 1.165) is 42.3 Å². The fraction of sp³-hybridized carbons (Fsp3) is 0.480. The molecule has 0 fully saturated rings. The van der Waals surface area contributed by atoms with Gasteiger partial charge < -0.3 is 5.11 Å². The molecule has 2 aromatic heterocycles. The predicted molar refractivity (Wildman–Crippen MR) is 234 cm³/mol. The molecule has 0 unspecified atom stereocenters. The van der Waals surface area contributed by atoms with Gasteiger partial charge in [-0.05, 0) is 102 Å². The van der Waals surface area contributed by atoms with Gasteiger partial charge >= 0.3 is 0 Å². The number of pyridine rings is 1. The Balaban J connectivity index is 0.000000320. The fourth-order valence-corrected chi connectivity index (χ4v) is 9.19. The summed E-state index contributed by atoms with van der Waals surface area (Å²) in [4.78, 5) is 18.5. The van der Waals surface area contributed by atoms with Crippen molar-refractivity contribution in [2.24, 2.45) is 10.8 Å². The van der Waals surface area contributed by atoms with E-state index in [0.29, 0.717) is 5.92 Å². The average molecular weight is 935 g/mol. The van der Waals surface area contributed by atoms with Gasteiger partial charge in [-0.1, -0.05) is 124 Å². The van der Waals surface area contributed by atoms with Crippen LogP contribution < -0.4 is 0 Å². The maximum atomic E-state index is 12.2. The van der Waals surface area contributed by atoms with Crippen molar-refractivity contribution in [1.82, 2.24) is 4.98 Å². The summed E-state index contributed by atoms with van der Waals surface area (Å²) in [5, 5.41) is 13.9. The normalized spacial score (nSPS) is 15.3. The summed E-state index contributed by atoms with van der Waals surface area (Å²) >= 11 is 1.89. The molecule has 0 atom stereocenters. The Labute approximate surface area is 349 Å². The van der Waals surface area contributed by atoms with Crippen molar-refractivity contribution in [3.8, 4) is 21.7 Å². The Kier molecular flexibility index (Phi) is 13.9. The van der Waals surface area contributed by atoms with E-state index in [9.17, 15) is 9.90 Å². The Hall–Kier alpha value is -3.11. The number of aromatic nitrogens is 1. The van der Waals surface area contributed by atoms with Gasteiger partial charge in [0.2, 0.25) is 0 Å². The minimum absolute atomic E-state index is 0. The summed E-state index contributed by atoms with van der Waals surface area (Å²) in [6, 6.07) is 24.1. The first-order chi connectivity index (χ1) is 25.4. The van der Waals surface area contributed by atoms with Gasteiger partial charge in [-0.3, -0.25) is 9.78 Å². The number of fused-ring (bicyclic) bond motifs is 3. The molecule has 2 heterocycles. The van der Waals surface area contributed by atoms with Gasteiger partial charge in [0, 0.05) is 58.5 Å². The third kappa shape index (κ3) is 8.75. The van der Waals surface area contributed by atoms with E-state index >= 15 is 0 Å². The average Bonchev–Trinajstić information content (AvgIpc) is 3.51. The van der Waals surface area contributed by atoms with Gasteiger partial charge in [0.1, 0.15) is 5.76 Å². The largest absolute Gasteiger partial charge is 0.512 e. The van der Waals surface area contributed by atoms with Crippen LogP contribution in [0.2, 0.25) is 0 Å². The van der Waals surface area contributed by atoms with Gasteiger partial charge in [0.25, 0.3) is 0 Å². The van der Waals surface area contributed by atoms with E-state index in [-0.39, 0.29) is 53.3 Å². The molecule has 3 nitrogen and oxygen atoms in total. The SMILES string of the molecule is CCC(C)(CC)C(=O)/C=C(\O)C(C)(CC)CC.Cc1c(-c2ccc3c(c2)C(C)(C)CCC3(C)C)sc2c(-c3[c-]c4ccccc4c(C(C)C)c3)nccc12.[Ir]. The number of allylic oxidation sites excluding steroid dienone is 2. The first-order valence-electron chi connectivity index (χ1n) is 20.3. The van der Waals surface area contributed by atoms with Crippen molar-refractivity contribution < 1.29 is 30.0 Å². The molecule has 55 heavy (non-hydrogen) atoms. The summed E-state index contributed by atoms with van der Waals surface area (Å²) in [6.45, 7) is 28.5. The number of hydrogen-bond donors (Lipinski definition) is 1. The molecule has 0 spiro atoms. The van der Waals surface area contributed by atoms with Crippen molar-refractivity contribution in [2.45, 2.75) is 145 Å². The minimum Gasteiger partial charge on any atom is -0.512 e. The molecule has 0 bridgehead atoms. The molecule has 0 saturated carbocycles. The molecule has 6 rings (SSSR count). The molecule has 1 aliphatic rings. The molecule has 1 aliphatic carbocycles. The molecule has 1 radical (unpaired) electrons. The van der Waals surface area contributed by atoms with Gasteiger partial charge in [-0.2, -0.15) is 0 Å². The van der Waals surface area contributed by atoms with Crippen molar-refractivity contribution in [3.63, 3.8) is 0 Å². The molecule has 5 heteroatoms. The third-order valence-electron chi connectivity index (χ3n) is 13.3. The molecular formula is C50H64IrNO2S-. The van der Waals surface area contributed by atoms with Crippen molar-refractivity contribution in [3.05, 3.63) is 101 Å². The van der Waals surface area contributed by atoms with Crippen LogP contribution in [0.4, 0.5) is 0 Å². The molecule has 0 amide bonds. The van der Waals surface area contributed by atoms with Crippen LogP contribution in [0.25, 0.3) is 42.6 Å². The maximum Gasteiger partial charge on any atom is 0.164 e. The van der Waals surface area contributed by atoms with Crippen LogP contribution in [0.3, 0.4) is 0 Å². The number of nitrogens with zero attached hydrogens (tertiary/aromatic N) is 1. The van der Waals surface area contributed by atoms with Crippen LogP contribution in [-0.4, -0.2) is 15.9 Å². The van der Waals surface area contributed by atoms with Crippen LogP contribution in [0.15, 0.2) is 72.6 Å². The third-order valence-corrected chi connectivity index (χ3v) is 14.6. The summed E-state index contributed by atoms with van der Waals surface area (Å²) < 4.78 is 1.26.